The van der Waals surface area contributed by atoms with Gasteiger partial charge in [-0.3, -0.25) is 0 Å². The number of hydrogen-bond acceptors (Lipinski definition) is 2. The number of nitrogens with zero attached hydrogens (tertiary/aromatic N) is 1. The van der Waals surface area contributed by atoms with Crippen LogP contribution < -0.4 is 5.32 Å². The second-order valence-electron chi connectivity index (χ2n) is 5.31. The summed E-state index contributed by atoms with van der Waals surface area (Å²) in [6.07, 6.45) is 1.94. The van der Waals surface area contributed by atoms with Crippen molar-refractivity contribution in [3.05, 3.63) is 41.9 Å². The summed E-state index contributed by atoms with van der Waals surface area (Å²) in [5.41, 5.74) is 3.71. The van der Waals surface area contributed by atoms with Crippen LogP contribution in [0.25, 0.3) is 11.3 Å². The summed E-state index contributed by atoms with van der Waals surface area (Å²) in [7, 11) is 0. The van der Waals surface area contributed by atoms with Crippen LogP contribution >= 0.6 is 0 Å². The lowest BCUT2D eigenvalue weighted by atomic mass is 10.0. The predicted molar refractivity (Wildman–Crippen MR) is 73.7 cm³/mol. The van der Waals surface area contributed by atoms with Crippen LogP contribution in [0.4, 0.5) is 0 Å². The van der Waals surface area contributed by atoms with Gasteiger partial charge in [0.2, 0.25) is 0 Å². The molecule has 94 valence electrons. The molecule has 3 nitrogen and oxygen atoms in total. The van der Waals surface area contributed by atoms with E-state index >= 15 is 0 Å². The van der Waals surface area contributed by atoms with Crippen molar-refractivity contribution >= 4 is 0 Å². The smallest absolute Gasteiger partial charge is 0.112 e. The standard InChI is InChI=1S/C15H19N3/c1-10(2)11-3-5-12(6-4-11)14-9-17-15(18-14)13-7-16-8-13/h3-6,9-10,13,16H,7-8H2,1-2H3,(H,17,18). The number of aromatic nitrogens is 2. The van der Waals surface area contributed by atoms with Crippen LogP contribution in [0.2, 0.25) is 0 Å². The lowest BCUT2D eigenvalue weighted by Gasteiger charge is -2.24. The lowest BCUT2D eigenvalue weighted by Crippen LogP contribution is -2.40. The molecule has 3 heteroatoms. The summed E-state index contributed by atoms with van der Waals surface area (Å²) >= 11 is 0. The molecule has 18 heavy (non-hydrogen) atoms. The SMILES string of the molecule is CC(C)c1ccc(-c2cnc(C3CNC3)[nH]2)cc1. The quantitative estimate of drug-likeness (QED) is 0.867. The molecule has 2 aromatic rings. The minimum absolute atomic E-state index is 0.564. The van der Waals surface area contributed by atoms with Gasteiger partial charge in [0, 0.05) is 19.0 Å². The molecule has 1 aromatic heterocycles. The first-order chi connectivity index (χ1) is 8.74. The highest BCUT2D eigenvalue weighted by Crippen LogP contribution is 2.24. The molecule has 0 radical (unpaired) electrons. The predicted octanol–water partition coefficient (Wildman–Crippen LogP) is 2.89. The van der Waals surface area contributed by atoms with Crippen molar-refractivity contribution in [3.63, 3.8) is 0 Å². The minimum Gasteiger partial charge on any atom is -0.342 e. The number of rotatable bonds is 3. The van der Waals surface area contributed by atoms with Gasteiger partial charge in [0.1, 0.15) is 5.82 Å². The number of H-pyrrole nitrogens is 1. The molecule has 1 aliphatic heterocycles. The number of hydrogen-bond donors (Lipinski definition) is 2. The third-order valence-corrected chi connectivity index (χ3v) is 3.65. The Bertz CT molecular complexity index is 521. The van der Waals surface area contributed by atoms with E-state index in [9.17, 15) is 0 Å². The first-order valence-corrected chi connectivity index (χ1v) is 6.60. The Morgan fingerprint density at radius 2 is 1.89 bits per heavy atom. The first-order valence-electron chi connectivity index (χ1n) is 6.60. The molecule has 0 unspecified atom stereocenters. The van der Waals surface area contributed by atoms with Crippen LogP contribution in [0.1, 0.15) is 37.1 Å². The third-order valence-electron chi connectivity index (χ3n) is 3.65. The second-order valence-corrected chi connectivity index (χ2v) is 5.31. The van der Waals surface area contributed by atoms with E-state index in [1.54, 1.807) is 0 Å². The van der Waals surface area contributed by atoms with Gasteiger partial charge in [-0.2, -0.15) is 0 Å². The van der Waals surface area contributed by atoms with Gasteiger partial charge >= 0.3 is 0 Å². The molecule has 0 atom stereocenters. The zero-order valence-electron chi connectivity index (χ0n) is 10.9. The molecule has 1 saturated heterocycles. The Morgan fingerprint density at radius 3 is 2.44 bits per heavy atom. The highest BCUT2D eigenvalue weighted by Gasteiger charge is 2.21. The molecule has 2 N–H and O–H groups in total. The fourth-order valence-corrected chi connectivity index (χ4v) is 2.22. The summed E-state index contributed by atoms with van der Waals surface area (Å²) in [6, 6.07) is 8.74. The zero-order chi connectivity index (χ0) is 12.5. The highest BCUT2D eigenvalue weighted by atomic mass is 15.0. The van der Waals surface area contributed by atoms with E-state index in [1.165, 1.54) is 11.1 Å². The molecule has 2 heterocycles. The topological polar surface area (TPSA) is 40.7 Å². The summed E-state index contributed by atoms with van der Waals surface area (Å²) < 4.78 is 0. The molecule has 0 aliphatic carbocycles. The van der Waals surface area contributed by atoms with Gasteiger partial charge in [0.15, 0.2) is 0 Å². The van der Waals surface area contributed by atoms with Crippen LogP contribution in [0, 0.1) is 0 Å². The van der Waals surface area contributed by atoms with E-state index < -0.39 is 0 Å². The molecule has 1 aromatic carbocycles. The maximum Gasteiger partial charge on any atom is 0.112 e. The van der Waals surface area contributed by atoms with E-state index in [0.717, 1.165) is 24.6 Å². The summed E-state index contributed by atoms with van der Waals surface area (Å²) in [4.78, 5) is 7.91. The highest BCUT2D eigenvalue weighted by molar-refractivity contribution is 5.59. The van der Waals surface area contributed by atoms with E-state index in [1.807, 2.05) is 6.20 Å². The molecule has 0 spiro atoms. The molecular formula is C15H19N3. The summed E-state index contributed by atoms with van der Waals surface area (Å²) in [5.74, 6) is 2.25. The summed E-state index contributed by atoms with van der Waals surface area (Å²) in [5, 5.41) is 3.27. The van der Waals surface area contributed by atoms with E-state index in [-0.39, 0.29) is 0 Å². The Hall–Kier alpha value is -1.61. The van der Waals surface area contributed by atoms with Crippen molar-refractivity contribution in [2.24, 2.45) is 0 Å². The van der Waals surface area contributed by atoms with Crippen molar-refractivity contribution in [1.82, 2.24) is 15.3 Å². The van der Waals surface area contributed by atoms with Crippen molar-refractivity contribution in [1.29, 1.82) is 0 Å². The third kappa shape index (κ3) is 2.06. The van der Waals surface area contributed by atoms with Crippen molar-refractivity contribution in [2.45, 2.75) is 25.7 Å². The van der Waals surface area contributed by atoms with Crippen LogP contribution in [-0.4, -0.2) is 23.1 Å². The Labute approximate surface area is 108 Å². The Kier molecular flexibility index (Phi) is 2.92. The molecule has 0 saturated carbocycles. The maximum atomic E-state index is 4.48. The minimum atomic E-state index is 0.564. The van der Waals surface area contributed by atoms with E-state index in [2.05, 4.69) is 53.4 Å². The summed E-state index contributed by atoms with van der Waals surface area (Å²) in [6.45, 7) is 6.51. The molecule has 0 bridgehead atoms. The Morgan fingerprint density at radius 1 is 1.17 bits per heavy atom. The average molecular weight is 241 g/mol. The van der Waals surface area contributed by atoms with Crippen molar-refractivity contribution < 1.29 is 0 Å². The number of aromatic amines is 1. The van der Waals surface area contributed by atoms with Crippen molar-refractivity contribution in [3.8, 4) is 11.3 Å². The van der Waals surface area contributed by atoms with Gasteiger partial charge in [-0.15, -0.1) is 0 Å². The molecular weight excluding hydrogens is 222 g/mol. The Balaban J connectivity index is 1.83. The number of imidazole rings is 1. The fraction of sp³-hybridized carbons (Fsp3) is 0.400. The lowest BCUT2D eigenvalue weighted by molar-refractivity contribution is 0.433. The second kappa shape index (κ2) is 4.58. The van der Waals surface area contributed by atoms with Gasteiger partial charge in [-0.25, -0.2) is 4.98 Å². The van der Waals surface area contributed by atoms with Gasteiger partial charge in [-0.1, -0.05) is 38.1 Å². The van der Waals surface area contributed by atoms with E-state index in [4.69, 9.17) is 0 Å². The van der Waals surface area contributed by atoms with Crippen LogP contribution in [0.5, 0.6) is 0 Å². The van der Waals surface area contributed by atoms with Crippen LogP contribution in [-0.2, 0) is 0 Å². The average Bonchev–Trinajstić information content (AvgIpc) is 2.76. The van der Waals surface area contributed by atoms with E-state index in [0.29, 0.717) is 11.8 Å². The van der Waals surface area contributed by atoms with Gasteiger partial charge in [0.05, 0.1) is 11.9 Å². The van der Waals surface area contributed by atoms with Crippen LogP contribution in [0.3, 0.4) is 0 Å². The normalized spacial score (nSPS) is 15.9. The number of nitrogens with one attached hydrogen (secondary N) is 2. The zero-order valence-corrected chi connectivity index (χ0v) is 10.9. The maximum absolute atomic E-state index is 4.48. The monoisotopic (exact) mass is 241 g/mol. The fourth-order valence-electron chi connectivity index (χ4n) is 2.22. The largest absolute Gasteiger partial charge is 0.342 e. The van der Waals surface area contributed by atoms with Gasteiger partial charge < -0.3 is 10.3 Å². The molecule has 1 aliphatic rings. The van der Waals surface area contributed by atoms with Crippen molar-refractivity contribution in [2.75, 3.05) is 13.1 Å². The van der Waals surface area contributed by atoms with Gasteiger partial charge in [0.25, 0.3) is 0 Å². The number of benzene rings is 1. The first kappa shape index (κ1) is 11.5. The molecule has 0 amide bonds. The molecule has 3 rings (SSSR count). The molecule has 1 fully saturated rings. The van der Waals surface area contributed by atoms with Gasteiger partial charge in [-0.05, 0) is 17.0 Å². The van der Waals surface area contributed by atoms with Crippen LogP contribution in [0.15, 0.2) is 30.5 Å².